The predicted molar refractivity (Wildman–Crippen MR) is 76.0 cm³/mol. The Bertz CT molecular complexity index is 764. The minimum Gasteiger partial charge on any atom is -0.349 e. The molecule has 0 aliphatic rings. The fourth-order valence-corrected chi connectivity index (χ4v) is 3.17. The normalized spacial score (nSPS) is 11.4. The second-order valence-corrected chi connectivity index (χ2v) is 6.56. The molecule has 118 valence electrons. The first-order valence-corrected chi connectivity index (χ1v) is 8.44. The van der Waals surface area contributed by atoms with Gasteiger partial charge in [0.25, 0.3) is 5.91 Å². The summed E-state index contributed by atoms with van der Waals surface area (Å²) in [5, 5.41) is 4.01. The van der Waals surface area contributed by atoms with Crippen LogP contribution in [-0.4, -0.2) is 32.4 Å². The van der Waals surface area contributed by atoms with E-state index in [0.717, 1.165) is 12.1 Å². The number of thiazole rings is 1. The summed E-state index contributed by atoms with van der Waals surface area (Å²) in [7, 11) is -4.12. The highest BCUT2D eigenvalue weighted by atomic mass is 32.2. The Morgan fingerprint density at radius 3 is 2.68 bits per heavy atom. The van der Waals surface area contributed by atoms with E-state index in [1.807, 2.05) is 0 Å². The molecule has 2 N–H and O–H groups in total. The lowest BCUT2D eigenvalue weighted by molar-refractivity contribution is 0.0950. The van der Waals surface area contributed by atoms with Crippen LogP contribution in [0.1, 0.15) is 10.5 Å². The summed E-state index contributed by atoms with van der Waals surface area (Å²) in [5.41, 5.74) is 1.73. The van der Waals surface area contributed by atoms with Gasteiger partial charge in [-0.15, -0.1) is 11.3 Å². The van der Waals surface area contributed by atoms with E-state index in [-0.39, 0.29) is 18.8 Å². The molecule has 2 rings (SSSR count). The van der Waals surface area contributed by atoms with Crippen LogP contribution in [0.15, 0.2) is 34.0 Å². The molecule has 0 unspecified atom stereocenters. The third-order valence-electron chi connectivity index (χ3n) is 2.55. The molecular weight excluding hydrogens is 336 g/mol. The zero-order valence-corrected chi connectivity index (χ0v) is 12.7. The van der Waals surface area contributed by atoms with Gasteiger partial charge in [-0.25, -0.2) is 26.9 Å². The highest BCUT2D eigenvalue weighted by Crippen LogP contribution is 2.14. The molecule has 0 bridgehead atoms. The van der Waals surface area contributed by atoms with Gasteiger partial charge in [-0.1, -0.05) is 0 Å². The van der Waals surface area contributed by atoms with Crippen LogP contribution in [0.25, 0.3) is 0 Å². The predicted octanol–water partition coefficient (Wildman–Crippen LogP) is 1.13. The maximum atomic E-state index is 13.4. The van der Waals surface area contributed by atoms with E-state index in [9.17, 15) is 22.0 Å². The van der Waals surface area contributed by atoms with E-state index in [1.165, 1.54) is 16.8 Å². The van der Waals surface area contributed by atoms with Gasteiger partial charge in [-0.05, 0) is 12.1 Å². The highest BCUT2D eigenvalue weighted by Gasteiger charge is 2.19. The fourth-order valence-electron chi connectivity index (χ4n) is 1.55. The van der Waals surface area contributed by atoms with E-state index in [4.69, 9.17) is 0 Å². The minimum atomic E-state index is -4.12. The van der Waals surface area contributed by atoms with Crippen LogP contribution in [0, 0.1) is 11.6 Å². The van der Waals surface area contributed by atoms with E-state index < -0.39 is 32.5 Å². The number of carbonyl (C=O) groups is 1. The second-order valence-electron chi connectivity index (χ2n) is 4.10. The standard InChI is InChI=1S/C12H11F2N3O3S2/c13-8-1-2-11(9(14)5-8)22(19,20)17-4-3-15-12(18)10-6-21-7-16-10/h1-2,5-7,17H,3-4H2,(H,15,18). The molecule has 1 aromatic heterocycles. The largest absolute Gasteiger partial charge is 0.349 e. The number of nitrogens with one attached hydrogen (secondary N) is 2. The number of halogens is 2. The highest BCUT2D eigenvalue weighted by molar-refractivity contribution is 7.89. The zero-order valence-electron chi connectivity index (χ0n) is 11.0. The monoisotopic (exact) mass is 347 g/mol. The summed E-state index contributed by atoms with van der Waals surface area (Å²) in [4.78, 5) is 14.7. The minimum absolute atomic E-state index is 0.00158. The second kappa shape index (κ2) is 6.90. The summed E-state index contributed by atoms with van der Waals surface area (Å²) in [6.07, 6.45) is 0. The number of aromatic nitrogens is 1. The van der Waals surface area contributed by atoms with Crippen molar-refractivity contribution in [3.05, 3.63) is 46.4 Å². The number of hydrogen-bond donors (Lipinski definition) is 2. The lowest BCUT2D eigenvalue weighted by Gasteiger charge is -2.08. The number of hydrogen-bond acceptors (Lipinski definition) is 5. The van der Waals surface area contributed by atoms with Crippen LogP contribution in [-0.2, 0) is 10.0 Å². The fraction of sp³-hybridized carbons (Fsp3) is 0.167. The molecule has 2 aromatic rings. The van der Waals surface area contributed by atoms with Crippen LogP contribution in [0.3, 0.4) is 0 Å². The van der Waals surface area contributed by atoms with Crippen LogP contribution in [0.2, 0.25) is 0 Å². The van der Waals surface area contributed by atoms with Crippen molar-refractivity contribution in [2.45, 2.75) is 4.90 Å². The van der Waals surface area contributed by atoms with Gasteiger partial charge in [0.15, 0.2) is 0 Å². The van der Waals surface area contributed by atoms with Crippen molar-refractivity contribution in [2.24, 2.45) is 0 Å². The van der Waals surface area contributed by atoms with Crippen molar-refractivity contribution in [1.29, 1.82) is 0 Å². The molecule has 22 heavy (non-hydrogen) atoms. The average Bonchev–Trinajstić information content (AvgIpc) is 2.97. The van der Waals surface area contributed by atoms with Crippen LogP contribution < -0.4 is 10.0 Å². The lowest BCUT2D eigenvalue weighted by atomic mass is 10.3. The van der Waals surface area contributed by atoms with E-state index in [2.05, 4.69) is 15.0 Å². The molecule has 6 nitrogen and oxygen atoms in total. The molecule has 0 saturated carbocycles. The first-order chi connectivity index (χ1) is 10.4. The molecular formula is C12H11F2N3O3S2. The van der Waals surface area contributed by atoms with Crippen LogP contribution in [0.4, 0.5) is 8.78 Å². The van der Waals surface area contributed by atoms with E-state index in [1.54, 1.807) is 5.38 Å². The molecule has 1 heterocycles. The van der Waals surface area contributed by atoms with Crippen molar-refractivity contribution in [3.8, 4) is 0 Å². The summed E-state index contributed by atoms with van der Waals surface area (Å²) < 4.78 is 52.0. The van der Waals surface area contributed by atoms with Gasteiger partial charge in [-0.3, -0.25) is 4.79 Å². The van der Waals surface area contributed by atoms with Crippen molar-refractivity contribution in [2.75, 3.05) is 13.1 Å². The number of amides is 1. The molecule has 0 fully saturated rings. The van der Waals surface area contributed by atoms with Gasteiger partial charge < -0.3 is 5.32 Å². The van der Waals surface area contributed by atoms with E-state index >= 15 is 0 Å². The number of nitrogens with zero attached hydrogens (tertiary/aromatic N) is 1. The maximum Gasteiger partial charge on any atom is 0.270 e. The number of rotatable bonds is 6. The lowest BCUT2D eigenvalue weighted by Crippen LogP contribution is -2.35. The van der Waals surface area contributed by atoms with Gasteiger partial charge in [0, 0.05) is 24.5 Å². The summed E-state index contributed by atoms with van der Waals surface area (Å²) in [6, 6.07) is 2.17. The van der Waals surface area contributed by atoms with Crippen molar-refractivity contribution in [1.82, 2.24) is 15.0 Å². The molecule has 0 atom stereocenters. The van der Waals surface area contributed by atoms with Crippen molar-refractivity contribution in [3.63, 3.8) is 0 Å². The van der Waals surface area contributed by atoms with Gasteiger partial charge in [0.05, 0.1) is 5.51 Å². The van der Waals surface area contributed by atoms with Crippen LogP contribution in [0.5, 0.6) is 0 Å². The van der Waals surface area contributed by atoms with Gasteiger partial charge in [0.2, 0.25) is 10.0 Å². The SMILES string of the molecule is O=C(NCCNS(=O)(=O)c1ccc(F)cc1F)c1cscn1. The zero-order chi connectivity index (χ0) is 16.2. The van der Waals surface area contributed by atoms with Gasteiger partial charge in [-0.2, -0.15) is 0 Å². The molecule has 0 aliphatic heterocycles. The Labute approximate surface area is 129 Å². The average molecular weight is 347 g/mol. The third-order valence-corrected chi connectivity index (χ3v) is 4.63. The van der Waals surface area contributed by atoms with Crippen LogP contribution >= 0.6 is 11.3 Å². The van der Waals surface area contributed by atoms with Gasteiger partial charge in [0.1, 0.15) is 22.2 Å². The third kappa shape index (κ3) is 4.06. The van der Waals surface area contributed by atoms with Crippen molar-refractivity contribution >= 4 is 27.3 Å². The maximum absolute atomic E-state index is 13.4. The quantitative estimate of drug-likeness (QED) is 0.767. The molecule has 0 aliphatic carbocycles. The topological polar surface area (TPSA) is 88.2 Å². The summed E-state index contributed by atoms with van der Waals surface area (Å²) in [6.45, 7) is -0.145. The Morgan fingerprint density at radius 1 is 1.27 bits per heavy atom. The Kier molecular flexibility index (Phi) is 5.16. The molecule has 1 amide bonds. The molecule has 10 heteroatoms. The molecule has 0 saturated heterocycles. The smallest absolute Gasteiger partial charge is 0.270 e. The first-order valence-electron chi connectivity index (χ1n) is 6.01. The summed E-state index contributed by atoms with van der Waals surface area (Å²) >= 11 is 1.26. The summed E-state index contributed by atoms with van der Waals surface area (Å²) in [5.74, 6) is -2.49. The molecule has 0 radical (unpaired) electrons. The first kappa shape index (κ1) is 16.5. The number of carbonyl (C=O) groups excluding carboxylic acids is 1. The Balaban J connectivity index is 1.89. The number of sulfonamides is 1. The molecule has 0 spiro atoms. The number of benzene rings is 1. The van der Waals surface area contributed by atoms with Crippen molar-refractivity contribution < 1.29 is 22.0 Å². The Hall–Kier alpha value is -1.91. The van der Waals surface area contributed by atoms with Gasteiger partial charge >= 0.3 is 0 Å². The molecule has 1 aromatic carbocycles. The Morgan fingerprint density at radius 2 is 2.05 bits per heavy atom. The van der Waals surface area contributed by atoms with E-state index in [0.29, 0.717) is 6.07 Å².